The van der Waals surface area contributed by atoms with Gasteiger partial charge in [0.15, 0.2) is 0 Å². The zero-order valence-electron chi connectivity index (χ0n) is 17.2. The number of benzene rings is 2. The monoisotopic (exact) mass is 396 g/mol. The predicted octanol–water partition coefficient (Wildman–Crippen LogP) is 2.15. The number of amides is 2. The summed E-state index contributed by atoms with van der Waals surface area (Å²) in [7, 11) is 0. The number of rotatable bonds is 8. The van der Waals surface area contributed by atoms with Gasteiger partial charge in [-0.1, -0.05) is 60.2 Å². The van der Waals surface area contributed by atoms with Crippen molar-refractivity contribution in [2.24, 2.45) is 0 Å². The number of aryl methyl sites for hydroxylation is 1. The van der Waals surface area contributed by atoms with Crippen LogP contribution in [-0.4, -0.2) is 66.8 Å². The normalized spacial score (nSPS) is 16.3. The van der Waals surface area contributed by atoms with Gasteiger partial charge in [-0.15, -0.1) is 0 Å². The lowest BCUT2D eigenvalue weighted by molar-refractivity contribution is 0.128. The number of hydrogen-bond donors (Lipinski definition) is 3. The molecule has 0 unspecified atom stereocenters. The van der Waals surface area contributed by atoms with Crippen LogP contribution in [0.4, 0.5) is 4.79 Å². The number of carbonyl (C=O) groups is 1. The topological polar surface area (TPSA) is 67.8 Å². The third-order valence-electron chi connectivity index (χ3n) is 5.35. The van der Waals surface area contributed by atoms with Gasteiger partial charge in [0.05, 0.1) is 6.10 Å². The Bertz CT molecular complexity index is 743. The third-order valence-corrected chi connectivity index (χ3v) is 5.35. The van der Waals surface area contributed by atoms with Crippen molar-refractivity contribution in [3.05, 3.63) is 71.3 Å². The smallest absolute Gasteiger partial charge is 0.314 e. The number of carbonyl (C=O) groups excluding carboxylic acids is 1. The number of aliphatic hydroxyl groups excluding tert-OH is 1. The Kier molecular flexibility index (Phi) is 8.04. The first-order valence-electron chi connectivity index (χ1n) is 10.3. The highest BCUT2D eigenvalue weighted by atomic mass is 16.3. The van der Waals surface area contributed by atoms with Crippen molar-refractivity contribution >= 4 is 6.03 Å². The average Bonchev–Trinajstić information content (AvgIpc) is 2.74. The van der Waals surface area contributed by atoms with E-state index in [2.05, 4.69) is 44.7 Å². The Morgan fingerprint density at radius 3 is 2.31 bits per heavy atom. The van der Waals surface area contributed by atoms with Crippen LogP contribution in [0.15, 0.2) is 54.6 Å². The Labute approximate surface area is 173 Å². The molecular weight excluding hydrogens is 364 g/mol. The maximum atomic E-state index is 12.0. The van der Waals surface area contributed by atoms with Crippen molar-refractivity contribution < 1.29 is 9.90 Å². The highest BCUT2D eigenvalue weighted by Crippen LogP contribution is 2.12. The van der Waals surface area contributed by atoms with Crippen molar-refractivity contribution in [1.29, 1.82) is 0 Å². The molecule has 2 aromatic rings. The lowest BCUT2D eigenvalue weighted by Crippen LogP contribution is -2.48. The van der Waals surface area contributed by atoms with Gasteiger partial charge in [-0.2, -0.15) is 0 Å². The molecule has 1 heterocycles. The Balaban J connectivity index is 1.27. The molecule has 156 valence electrons. The summed E-state index contributed by atoms with van der Waals surface area (Å²) in [6.45, 7) is 8.77. The molecule has 1 aliphatic rings. The summed E-state index contributed by atoms with van der Waals surface area (Å²) in [6, 6.07) is 18.0. The SMILES string of the molecule is Cc1ccc([C@@H](O)CNC(=O)NCCN2CCN(Cc3ccccc3)CC2)cc1. The number of aliphatic hydroxyl groups is 1. The molecule has 3 rings (SSSR count). The summed E-state index contributed by atoms with van der Waals surface area (Å²) in [5.41, 5.74) is 3.31. The number of nitrogens with zero attached hydrogens (tertiary/aromatic N) is 2. The fraction of sp³-hybridized carbons (Fsp3) is 0.435. The summed E-state index contributed by atoms with van der Waals surface area (Å²) in [6.07, 6.45) is -0.695. The molecule has 0 aliphatic carbocycles. The van der Waals surface area contributed by atoms with Crippen molar-refractivity contribution in [3.8, 4) is 0 Å². The minimum absolute atomic E-state index is 0.201. The van der Waals surface area contributed by atoms with Crippen molar-refractivity contribution in [2.45, 2.75) is 19.6 Å². The maximum absolute atomic E-state index is 12.0. The van der Waals surface area contributed by atoms with E-state index in [9.17, 15) is 9.90 Å². The molecule has 0 bridgehead atoms. The molecule has 1 aliphatic heterocycles. The number of hydrogen-bond acceptors (Lipinski definition) is 4. The molecule has 6 nitrogen and oxygen atoms in total. The van der Waals surface area contributed by atoms with Gasteiger partial charge in [-0.25, -0.2) is 4.79 Å². The molecule has 6 heteroatoms. The van der Waals surface area contributed by atoms with E-state index in [1.165, 1.54) is 5.56 Å². The standard InChI is InChI=1S/C23H32N4O2/c1-19-7-9-21(10-8-19)22(28)17-25-23(29)24-11-12-26-13-15-27(16-14-26)18-20-5-3-2-4-6-20/h2-10,22,28H,11-18H2,1H3,(H2,24,25,29)/t22-/m0/s1. The minimum atomic E-state index is -0.695. The highest BCUT2D eigenvalue weighted by molar-refractivity contribution is 5.73. The molecule has 3 N–H and O–H groups in total. The van der Waals surface area contributed by atoms with Crippen LogP contribution < -0.4 is 10.6 Å². The van der Waals surface area contributed by atoms with Gasteiger partial charge < -0.3 is 15.7 Å². The van der Waals surface area contributed by atoms with Crippen LogP contribution in [-0.2, 0) is 6.54 Å². The zero-order valence-corrected chi connectivity index (χ0v) is 17.2. The van der Waals surface area contributed by atoms with Crippen molar-refractivity contribution in [2.75, 3.05) is 45.8 Å². The average molecular weight is 397 g/mol. The van der Waals surface area contributed by atoms with Crippen LogP contribution in [0, 0.1) is 6.92 Å². The molecule has 29 heavy (non-hydrogen) atoms. The second kappa shape index (κ2) is 11.0. The quantitative estimate of drug-likeness (QED) is 0.640. The predicted molar refractivity (Wildman–Crippen MR) is 116 cm³/mol. The third kappa shape index (κ3) is 7.16. The first-order valence-corrected chi connectivity index (χ1v) is 10.3. The summed E-state index contributed by atoms with van der Waals surface area (Å²) >= 11 is 0. The number of nitrogens with one attached hydrogen (secondary N) is 2. The van der Waals surface area contributed by atoms with Crippen LogP contribution in [0.2, 0.25) is 0 Å². The fourth-order valence-electron chi connectivity index (χ4n) is 3.50. The van der Waals surface area contributed by atoms with Crippen LogP contribution in [0.1, 0.15) is 22.8 Å². The van der Waals surface area contributed by atoms with E-state index in [1.807, 2.05) is 37.3 Å². The lowest BCUT2D eigenvalue weighted by atomic mass is 10.1. The van der Waals surface area contributed by atoms with Crippen LogP contribution >= 0.6 is 0 Å². The minimum Gasteiger partial charge on any atom is -0.387 e. The Hall–Kier alpha value is -2.41. The second-order valence-corrected chi connectivity index (χ2v) is 7.67. The van der Waals surface area contributed by atoms with Gasteiger partial charge >= 0.3 is 6.03 Å². The molecule has 1 saturated heterocycles. The van der Waals surface area contributed by atoms with E-state index >= 15 is 0 Å². The van der Waals surface area contributed by atoms with Crippen molar-refractivity contribution in [3.63, 3.8) is 0 Å². The molecule has 2 amide bonds. The van der Waals surface area contributed by atoms with E-state index in [0.29, 0.717) is 6.54 Å². The van der Waals surface area contributed by atoms with Crippen LogP contribution in [0.25, 0.3) is 0 Å². The van der Waals surface area contributed by atoms with Gasteiger partial charge in [-0.3, -0.25) is 9.80 Å². The molecular formula is C23H32N4O2. The lowest BCUT2D eigenvalue weighted by Gasteiger charge is -2.34. The summed E-state index contributed by atoms with van der Waals surface area (Å²) in [4.78, 5) is 16.8. The van der Waals surface area contributed by atoms with Crippen molar-refractivity contribution in [1.82, 2.24) is 20.4 Å². The first-order chi connectivity index (χ1) is 14.1. The Morgan fingerprint density at radius 1 is 0.966 bits per heavy atom. The Morgan fingerprint density at radius 2 is 1.62 bits per heavy atom. The van der Waals surface area contributed by atoms with Crippen LogP contribution in [0.3, 0.4) is 0 Å². The van der Waals surface area contributed by atoms with E-state index in [1.54, 1.807) is 0 Å². The van der Waals surface area contributed by atoms with Gasteiger partial charge in [0.2, 0.25) is 0 Å². The molecule has 0 saturated carbocycles. The molecule has 0 radical (unpaired) electrons. The molecule has 1 fully saturated rings. The van der Waals surface area contributed by atoms with Gasteiger partial charge in [0, 0.05) is 52.4 Å². The molecule has 0 aromatic heterocycles. The van der Waals surface area contributed by atoms with E-state index in [0.717, 1.165) is 50.4 Å². The van der Waals surface area contributed by atoms with Gasteiger partial charge in [0.1, 0.15) is 0 Å². The van der Waals surface area contributed by atoms with E-state index in [4.69, 9.17) is 0 Å². The molecule has 0 spiro atoms. The molecule has 2 aromatic carbocycles. The van der Waals surface area contributed by atoms with E-state index < -0.39 is 6.10 Å². The maximum Gasteiger partial charge on any atom is 0.314 e. The number of urea groups is 1. The zero-order chi connectivity index (χ0) is 20.5. The highest BCUT2D eigenvalue weighted by Gasteiger charge is 2.17. The largest absolute Gasteiger partial charge is 0.387 e. The summed E-state index contributed by atoms with van der Waals surface area (Å²) < 4.78 is 0. The summed E-state index contributed by atoms with van der Waals surface area (Å²) in [5.74, 6) is 0. The second-order valence-electron chi connectivity index (χ2n) is 7.67. The van der Waals surface area contributed by atoms with E-state index in [-0.39, 0.29) is 12.6 Å². The first kappa shape index (κ1) is 21.3. The number of piperazine rings is 1. The van der Waals surface area contributed by atoms with Crippen LogP contribution in [0.5, 0.6) is 0 Å². The van der Waals surface area contributed by atoms with Gasteiger partial charge in [0.25, 0.3) is 0 Å². The fourth-order valence-corrected chi connectivity index (χ4v) is 3.50. The summed E-state index contributed by atoms with van der Waals surface area (Å²) in [5, 5.41) is 15.8. The molecule has 1 atom stereocenters. The van der Waals surface area contributed by atoms with Gasteiger partial charge in [-0.05, 0) is 18.1 Å².